The third-order valence-electron chi connectivity index (χ3n) is 1.95. The fraction of sp³-hybridized carbons (Fsp3) is 0.545. The van der Waals surface area contributed by atoms with Gasteiger partial charge < -0.3 is 10.5 Å². The van der Waals surface area contributed by atoms with Gasteiger partial charge in [0.1, 0.15) is 0 Å². The molecule has 0 aromatic carbocycles. The molecular weight excluding hydrogens is 176 g/mol. The first-order chi connectivity index (χ1) is 6.64. The van der Waals surface area contributed by atoms with Crippen LogP contribution < -0.4 is 5.73 Å². The zero-order valence-electron chi connectivity index (χ0n) is 8.86. The molecule has 1 aromatic rings. The van der Waals surface area contributed by atoms with Crippen molar-refractivity contribution in [2.45, 2.75) is 25.8 Å². The normalized spacial score (nSPS) is 15.1. The number of nitrogens with zero attached hydrogens (tertiary/aromatic N) is 1. The molecular formula is C11H18N2O. The summed E-state index contributed by atoms with van der Waals surface area (Å²) in [7, 11) is 0. The molecule has 14 heavy (non-hydrogen) atoms. The molecule has 0 saturated carbocycles. The van der Waals surface area contributed by atoms with Crippen LogP contribution >= 0.6 is 0 Å². The van der Waals surface area contributed by atoms with E-state index in [1.807, 2.05) is 32.0 Å². The summed E-state index contributed by atoms with van der Waals surface area (Å²) in [6.45, 7) is 5.23. The Kier molecular flexibility index (Phi) is 4.04. The smallest absolute Gasteiger partial charge is 0.0647 e. The Morgan fingerprint density at radius 3 is 2.86 bits per heavy atom. The fourth-order valence-electron chi connectivity index (χ4n) is 1.30. The topological polar surface area (TPSA) is 48.1 Å². The van der Waals surface area contributed by atoms with Crippen LogP contribution in [-0.2, 0) is 11.2 Å². The summed E-state index contributed by atoms with van der Waals surface area (Å²) >= 11 is 0. The van der Waals surface area contributed by atoms with Crippen LogP contribution in [0.2, 0.25) is 0 Å². The molecule has 1 aromatic heterocycles. The van der Waals surface area contributed by atoms with Gasteiger partial charge in [-0.2, -0.15) is 0 Å². The van der Waals surface area contributed by atoms with Crippen LogP contribution in [-0.4, -0.2) is 23.7 Å². The van der Waals surface area contributed by atoms with Crippen LogP contribution in [0.25, 0.3) is 0 Å². The van der Waals surface area contributed by atoms with Crippen molar-refractivity contribution in [1.82, 2.24) is 4.98 Å². The van der Waals surface area contributed by atoms with Crippen molar-refractivity contribution >= 4 is 0 Å². The average Bonchev–Trinajstić information content (AvgIpc) is 2.16. The molecule has 0 amide bonds. The van der Waals surface area contributed by atoms with Gasteiger partial charge in [-0.05, 0) is 26.0 Å². The summed E-state index contributed by atoms with van der Waals surface area (Å²) in [5.74, 6) is 0. The lowest BCUT2D eigenvalue weighted by Crippen LogP contribution is -2.43. The molecule has 0 saturated heterocycles. The van der Waals surface area contributed by atoms with E-state index in [4.69, 9.17) is 10.5 Å². The number of pyridine rings is 1. The minimum Gasteiger partial charge on any atom is -0.380 e. The number of hydrogen-bond donors (Lipinski definition) is 1. The molecule has 1 atom stereocenters. The third kappa shape index (κ3) is 3.85. The van der Waals surface area contributed by atoms with Crippen molar-refractivity contribution < 1.29 is 4.74 Å². The Morgan fingerprint density at radius 1 is 1.50 bits per heavy atom. The van der Waals surface area contributed by atoms with E-state index >= 15 is 0 Å². The molecule has 2 N–H and O–H groups in total. The maximum absolute atomic E-state index is 6.07. The Balaban J connectivity index is 2.50. The number of nitrogens with two attached hydrogens (primary N) is 1. The van der Waals surface area contributed by atoms with Crippen LogP contribution in [0.3, 0.4) is 0 Å². The molecule has 1 rings (SSSR count). The van der Waals surface area contributed by atoms with Crippen LogP contribution in [0.4, 0.5) is 0 Å². The SMILES string of the molecule is CCOCC(C)(N)Cc1ccccn1. The highest BCUT2D eigenvalue weighted by atomic mass is 16.5. The van der Waals surface area contributed by atoms with Crippen LogP contribution in [0.5, 0.6) is 0 Å². The van der Waals surface area contributed by atoms with E-state index in [9.17, 15) is 0 Å². The molecule has 0 spiro atoms. The molecule has 0 fully saturated rings. The van der Waals surface area contributed by atoms with Crippen molar-refractivity contribution in [2.75, 3.05) is 13.2 Å². The van der Waals surface area contributed by atoms with Crippen molar-refractivity contribution in [3.05, 3.63) is 30.1 Å². The van der Waals surface area contributed by atoms with Crippen LogP contribution in [0.1, 0.15) is 19.5 Å². The zero-order valence-corrected chi connectivity index (χ0v) is 8.86. The van der Waals surface area contributed by atoms with E-state index < -0.39 is 0 Å². The Morgan fingerprint density at radius 2 is 2.29 bits per heavy atom. The number of ether oxygens (including phenoxy) is 1. The highest BCUT2D eigenvalue weighted by Gasteiger charge is 2.19. The van der Waals surface area contributed by atoms with E-state index in [2.05, 4.69) is 4.98 Å². The van der Waals surface area contributed by atoms with Gasteiger partial charge >= 0.3 is 0 Å². The molecule has 0 aliphatic heterocycles. The zero-order chi connectivity index (χ0) is 10.4. The Hall–Kier alpha value is -0.930. The van der Waals surface area contributed by atoms with Crippen molar-refractivity contribution in [3.8, 4) is 0 Å². The van der Waals surface area contributed by atoms with E-state index in [1.54, 1.807) is 6.20 Å². The van der Waals surface area contributed by atoms with Crippen molar-refractivity contribution in [1.29, 1.82) is 0 Å². The van der Waals surface area contributed by atoms with Gasteiger partial charge in [0.15, 0.2) is 0 Å². The first-order valence-corrected chi connectivity index (χ1v) is 4.90. The first-order valence-electron chi connectivity index (χ1n) is 4.90. The highest BCUT2D eigenvalue weighted by Crippen LogP contribution is 2.08. The minimum atomic E-state index is -0.329. The summed E-state index contributed by atoms with van der Waals surface area (Å²) in [4.78, 5) is 4.24. The monoisotopic (exact) mass is 194 g/mol. The molecule has 0 bridgehead atoms. The molecule has 0 aliphatic rings. The van der Waals surface area contributed by atoms with Gasteiger partial charge in [0.05, 0.1) is 6.61 Å². The number of hydrogen-bond acceptors (Lipinski definition) is 3. The van der Waals surface area contributed by atoms with Crippen LogP contribution in [0.15, 0.2) is 24.4 Å². The third-order valence-corrected chi connectivity index (χ3v) is 1.95. The maximum Gasteiger partial charge on any atom is 0.0647 e. The summed E-state index contributed by atoms with van der Waals surface area (Å²) in [6.07, 6.45) is 2.53. The molecule has 0 radical (unpaired) electrons. The Labute approximate surface area is 85.3 Å². The van der Waals surface area contributed by atoms with Gasteiger partial charge in [-0.1, -0.05) is 6.07 Å². The average molecular weight is 194 g/mol. The molecule has 0 aliphatic carbocycles. The largest absolute Gasteiger partial charge is 0.380 e. The second-order valence-corrected chi connectivity index (χ2v) is 3.79. The lowest BCUT2D eigenvalue weighted by molar-refractivity contribution is 0.101. The van der Waals surface area contributed by atoms with Gasteiger partial charge in [-0.15, -0.1) is 0 Å². The van der Waals surface area contributed by atoms with Gasteiger partial charge in [-0.3, -0.25) is 4.98 Å². The minimum absolute atomic E-state index is 0.329. The number of aromatic nitrogens is 1. The maximum atomic E-state index is 6.07. The van der Waals surface area contributed by atoms with E-state index in [1.165, 1.54) is 0 Å². The summed E-state index contributed by atoms with van der Waals surface area (Å²) in [5.41, 5.74) is 6.75. The van der Waals surface area contributed by atoms with E-state index in [0.29, 0.717) is 13.2 Å². The van der Waals surface area contributed by atoms with E-state index in [-0.39, 0.29) is 5.54 Å². The molecule has 78 valence electrons. The second-order valence-electron chi connectivity index (χ2n) is 3.79. The molecule has 1 unspecified atom stereocenters. The Bertz CT molecular complexity index is 259. The van der Waals surface area contributed by atoms with E-state index in [0.717, 1.165) is 12.1 Å². The highest BCUT2D eigenvalue weighted by molar-refractivity contribution is 5.07. The first kappa shape index (κ1) is 11.1. The van der Waals surface area contributed by atoms with Crippen molar-refractivity contribution in [2.24, 2.45) is 5.73 Å². The molecule has 3 heteroatoms. The standard InChI is InChI=1S/C11H18N2O/c1-3-14-9-11(2,12)8-10-6-4-5-7-13-10/h4-7H,3,8-9,12H2,1-2H3. The molecule has 1 heterocycles. The van der Waals surface area contributed by atoms with Gasteiger partial charge in [0.2, 0.25) is 0 Å². The van der Waals surface area contributed by atoms with Gasteiger partial charge in [-0.25, -0.2) is 0 Å². The van der Waals surface area contributed by atoms with Crippen molar-refractivity contribution in [3.63, 3.8) is 0 Å². The second kappa shape index (κ2) is 5.08. The van der Waals surface area contributed by atoms with Crippen LogP contribution in [0, 0.1) is 0 Å². The lowest BCUT2D eigenvalue weighted by Gasteiger charge is -2.23. The van der Waals surface area contributed by atoms with Gasteiger partial charge in [0.25, 0.3) is 0 Å². The van der Waals surface area contributed by atoms with Gasteiger partial charge in [0, 0.05) is 30.5 Å². The summed E-state index contributed by atoms with van der Waals surface area (Å²) in [6, 6.07) is 5.86. The predicted molar refractivity (Wildman–Crippen MR) is 57.0 cm³/mol. The summed E-state index contributed by atoms with van der Waals surface area (Å²) < 4.78 is 5.32. The predicted octanol–water partition coefficient (Wildman–Crippen LogP) is 1.38. The number of rotatable bonds is 5. The lowest BCUT2D eigenvalue weighted by atomic mass is 9.98. The quantitative estimate of drug-likeness (QED) is 0.770. The molecule has 3 nitrogen and oxygen atoms in total. The fourth-order valence-corrected chi connectivity index (χ4v) is 1.30. The summed E-state index contributed by atoms with van der Waals surface area (Å²) in [5, 5.41) is 0.